The van der Waals surface area contributed by atoms with Gasteiger partial charge in [0.2, 0.25) is 5.91 Å². The van der Waals surface area contributed by atoms with E-state index in [0.717, 1.165) is 24.8 Å². The van der Waals surface area contributed by atoms with Crippen molar-refractivity contribution >= 4 is 11.9 Å². The number of carboxylic acid groups (broad SMARTS) is 1. The molecule has 4 nitrogen and oxygen atoms in total. The SMILES string of the molecule is O=C(CC1=CCCCC1)NCC(Cc1ccccc1)C(=O)O. The quantitative estimate of drug-likeness (QED) is 0.761. The van der Waals surface area contributed by atoms with Gasteiger partial charge in [0.25, 0.3) is 0 Å². The average molecular weight is 301 g/mol. The highest BCUT2D eigenvalue weighted by Gasteiger charge is 2.19. The van der Waals surface area contributed by atoms with Crippen LogP contribution in [0.3, 0.4) is 0 Å². The number of benzene rings is 1. The summed E-state index contributed by atoms with van der Waals surface area (Å²) in [6.07, 6.45) is 7.35. The summed E-state index contributed by atoms with van der Waals surface area (Å²) in [4.78, 5) is 23.3. The number of allylic oxidation sites excluding steroid dienone is 1. The fourth-order valence-electron chi connectivity index (χ4n) is 2.72. The van der Waals surface area contributed by atoms with E-state index in [-0.39, 0.29) is 12.5 Å². The van der Waals surface area contributed by atoms with E-state index >= 15 is 0 Å². The number of carbonyl (C=O) groups is 2. The molecule has 1 atom stereocenters. The number of hydrogen-bond acceptors (Lipinski definition) is 2. The van der Waals surface area contributed by atoms with Gasteiger partial charge in [-0.15, -0.1) is 0 Å². The molecule has 0 aliphatic heterocycles. The summed E-state index contributed by atoms with van der Waals surface area (Å²) >= 11 is 0. The molecular formula is C18H23NO3. The van der Waals surface area contributed by atoms with Crippen molar-refractivity contribution in [3.63, 3.8) is 0 Å². The minimum atomic E-state index is -0.874. The molecule has 0 fully saturated rings. The van der Waals surface area contributed by atoms with Crippen molar-refractivity contribution in [3.05, 3.63) is 47.5 Å². The van der Waals surface area contributed by atoms with Gasteiger partial charge in [-0.3, -0.25) is 9.59 Å². The lowest BCUT2D eigenvalue weighted by Crippen LogP contribution is -2.34. The van der Waals surface area contributed by atoms with E-state index in [2.05, 4.69) is 11.4 Å². The molecule has 118 valence electrons. The van der Waals surface area contributed by atoms with Gasteiger partial charge in [0, 0.05) is 13.0 Å². The first-order chi connectivity index (χ1) is 10.6. The first-order valence-corrected chi connectivity index (χ1v) is 7.86. The van der Waals surface area contributed by atoms with Gasteiger partial charge in [0.15, 0.2) is 0 Å². The number of carboxylic acids is 1. The molecule has 0 aromatic heterocycles. The molecule has 2 N–H and O–H groups in total. The Morgan fingerprint density at radius 3 is 2.59 bits per heavy atom. The second-order valence-corrected chi connectivity index (χ2v) is 5.81. The molecule has 1 amide bonds. The van der Waals surface area contributed by atoms with Gasteiger partial charge in [-0.2, -0.15) is 0 Å². The third-order valence-electron chi connectivity index (χ3n) is 3.99. The summed E-state index contributed by atoms with van der Waals surface area (Å²) in [5, 5.41) is 12.1. The molecule has 0 spiro atoms. The van der Waals surface area contributed by atoms with Crippen molar-refractivity contribution in [2.45, 2.75) is 38.5 Å². The van der Waals surface area contributed by atoms with Crippen LogP contribution in [0.2, 0.25) is 0 Å². The molecule has 0 radical (unpaired) electrons. The van der Waals surface area contributed by atoms with Crippen LogP contribution >= 0.6 is 0 Å². The largest absolute Gasteiger partial charge is 0.481 e. The van der Waals surface area contributed by atoms with Crippen LogP contribution in [0.4, 0.5) is 0 Å². The zero-order valence-electron chi connectivity index (χ0n) is 12.8. The number of rotatable bonds is 7. The van der Waals surface area contributed by atoms with E-state index in [1.165, 1.54) is 12.0 Å². The third-order valence-corrected chi connectivity index (χ3v) is 3.99. The van der Waals surface area contributed by atoms with Crippen LogP contribution in [0.25, 0.3) is 0 Å². The smallest absolute Gasteiger partial charge is 0.308 e. The predicted octanol–water partition coefficient (Wildman–Crippen LogP) is 2.94. The molecule has 0 saturated heterocycles. The van der Waals surface area contributed by atoms with Gasteiger partial charge in [-0.25, -0.2) is 0 Å². The van der Waals surface area contributed by atoms with Crippen molar-refractivity contribution in [2.24, 2.45) is 5.92 Å². The lowest BCUT2D eigenvalue weighted by molar-refractivity contribution is -0.141. The molecule has 2 rings (SSSR count). The van der Waals surface area contributed by atoms with Crippen LogP contribution in [0, 0.1) is 5.92 Å². The van der Waals surface area contributed by atoms with Gasteiger partial charge >= 0.3 is 5.97 Å². The summed E-state index contributed by atoms with van der Waals surface area (Å²) in [7, 11) is 0. The van der Waals surface area contributed by atoms with Crippen LogP contribution in [0.5, 0.6) is 0 Å². The van der Waals surface area contributed by atoms with Crippen LogP contribution in [0.15, 0.2) is 42.0 Å². The maximum absolute atomic E-state index is 11.9. The molecule has 0 heterocycles. The number of aliphatic carboxylic acids is 1. The first kappa shape index (κ1) is 16.3. The summed E-state index contributed by atoms with van der Waals surface area (Å²) < 4.78 is 0. The Labute approximate surface area is 131 Å². The van der Waals surface area contributed by atoms with Crippen LogP contribution in [0.1, 0.15) is 37.7 Å². The molecule has 0 bridgehead atoms. The van der Waals surface area contributed by atoms with Crippen LogP contribution in [-0.4, -0.2) is 23.5 Å². The summed E-state index contributed by atoms with van der Waals surface area (Å²) in [6, 6.07) is 9.50. The van der Waals surface area contributed by atoms with Gasteiger partial charge in [-0.05, 0) is 37.7 Å². The van der Waals surface area contributed by atoms with Crippen molar-refractivity contribution in [1.29, 1.82) is 0 Å². The predicted molar refractivity (Wildman–Crippen MR) is 85.4 cm³/mol. The molecule has 1 aliphatic rings. The van der Waals surface area contributed by atoms with E-state index in [1.807, 2.05) is 30.3 Å². The number of nitrogens with one attached hydrogen (secondary N) is 1. The molecular weight excluding hydrogens is 278 g/mol. The van der Waals surface area contributed by atoms with E-state index < -0.39 is 11.9 Å². The lowest BCUT2D eigenvalue weighted by Gasteiger charge is -2.15. The maximum atomic E-state index is 11.9. The topological polar surface area (TPSA) is 66.4 Å². The van der Waals surface area contributed by atoms with Crippen molar-refractivity contribution in [2.75, 3.05) is 6.54 Å². The number of hydrogen-bond donors (Lipinski definition) is 2. The molecule has 4 heteroatoms. The molecule has 0 saturated carbocycles. The minimum absolute atomic E-state index is 0.0764. The van der Waals surface area contributed by atoms with E-state index in [0.29, 0.717) is 12.8 Å². The van der Waals surface area contributed by atoms with E-state index in [4.69, 9.17) is 0 Å². The highest BCUT2D eigenvalue weighted by Crippen LogP contribution is 2.19. The van der Waals surface area contributed by atoms with Crippen molar-refractivity contribution in [1.82, 2.24) is 5.32 Å². The molecule has 1 aliphatic carbocycles. The maximum Gasteiger partial charge on any atom is 0.308 e. The highest BCUT2D eigenvalue weighted by atomic mass is 16.4. The second kappa shape index (κ2) is 8.37. The highest BCUT2D eigenvalue weighted by molar-refractivity contribution is 5.79. The minimum Gasteiger partial charge on any atom is -0.481 e. The van der Waals surface area contributed by atoms with Crippen molar-refractivity contribution < 1.29 is 14.7 Å². The zero-order chi connectivity index (χ0) is 15.8. The number of amides is 1. The van der Waals surface area contributed by atoms with E-state index in [9.17, 15) is 14.7 Å². The Morgan fingerprint density at radius 2 is 1.95 bits per heavy atom. The summed E-state index contributed by atoms with van der Waals surface area (Å²) in [6.45, 7) is 0.177. The molecule has 22 heavy (non-hydrogen) atoms. The number of carbonyl (C=O) groups excluding carboxylic acids is 1. The molecule has 1 unspecified atom stereocenters. The fraction of sp³-hybridized carbons (Fsp3) is 0.444. The lowest BCUT2D eigenvalue weighted by atomic mass is 9.96. The molecule has 1 aromatic rings. The van der Waals surface area contributed by atoms with Gasteiger partial charge in [-0.1, -0.05) is 42.0 Å². The van der Waals surface area contributed by atoms with Gasteiger partial charge in [0.05, 0.1) is 5.92 Å². The molecule has 1 aromatic carbocycles. The summed E-state index contributed by atoms with van der Waals surface area (Å²) in [5.41, 5.74) is 2.15. The fourth-order valence-corrected chi connectivity index (χ4v) is 2.72. The van der Waals surface area contributed by atoms with E-state index in [1.54, 1.807) is 0 Å². The monoisotopic (exact) mass is 301 g/mol. The Balaban J connectivity index is 1.82. The van der Waals surface area contributed by atoms with Crippen LogP contribution < -0.4 is 5.32 Å². The zero-order valence-corrected chi connectivity index (χ0v) is 12.8. The normalized spacial score (nSPS) is 15.7. The standard InChI is InChI=1S/C18H23NO3/c20-17(12-15-9-5-2-6-10-15)19-13-16(18(21)22)11-14-7-3-1-4-8-14/h1,3-4,7-9,16H,2,5-6,10-13H2,(H,19,20)(H,21,22). The Kier molecular flexibility index (Phi) is 6.19. The van der Waals surface area contributed by atoms with Crippen molar-refractivity contribution in [3.8, 4) is 0 Å². The Hall–Kier alpha value is -2.10. The third kappa shape index (κ3) is 5.35. The van der Waals surface area contributed by atoms with Gasteiger partial charge < -0.3 is 10.4 Å². The Morgan fingerprint density at radius 1 is 1.18 bits per heavy atom. The van der Waals surface area contributed by atoms with Gasteiger partial charge in [0.1, 0.15) is 0 Å². The Bertz CT molecular complexity index is 537. The summed E-state index contributed by atoms with van der Waals surface area (Å²) in [5.74, 6) is -1.54. The average Bonchev–Trinajstić information content (AvgIpc) is 2.53. The first-order valence-electron chi connectivity index (χ1n) is 7.86. The van der Waals surface area contributed by atoms with Crippen LogP contribution in [-0.2, 0) is 16.0 Å². The second-order valence-electron chi connectivity index (χ2n) is 5.81.